The van der Waals surface area contributed by atoms with Crippen LogP contribution in [0.25, 0.3) is 0 Å². The second kappa shape index (κ2) is 6.63. The van der Waals surface area contributed by atoms with Gasteiger partial charge in [0.15, 0.2) is 0 Å². The third-order valence-electron chi connectivity index (χ3n) is 2.86. The van der Waals surface area contributed by atoms with Crippen molar-refractivity contribution in [3.63, 3.8) is 0 Å². The Morgan fingerprint density at radius 3 is 2.65 bits per heavy atom. The van der Waals surface area contributed by atoms with E-state index in [1.165, 1.54) is 0 Å². The van der Waals surface area contributed by atoms with Crippen LogP contribution in [0.3, 0.4) is 0 Å². The number of hydrogen-bond acceptors (Lipinski definition) is 3. The standard InChI is InChI=1S/C12H19ClN4/c1-4-10-12(13)11(16(3)15-10)9-17(5-2)8-6-7-14/h4-6,8-9H2,1-3H3. The van der Waals surface area contributed by atoms with E-state index in [0.717, 1.165) is 42.5 Å². The van der Waals surface area contributed by atoms with Crippen molar-refractivity contribution in [2.24, 2.45) is 7.05 Å². The van der Waals surface area contributed by atoms with Crippen molar-refractivity contribution in [1.82, 2.24) is 14.7 Å². The van der Waals surface area contributed by atoms with Crippen LogP contribution >= 0.6 is 11.6 Å². The van der Waals surface area contributed by atoms with Crippen LogP contribution in [0.15, 0.2) is 0 Å². The third kappa shape index (κ3) is 3.45. The number of hydrogen-bond donors (Lipinski definition) is 0. The predicted molar refractivity (Wildman–Crippen MR) is 68.8 cm³/mol. The van der Waals surface area contributed by atoms with Crippen LogP contribution in [0.1, 0.15) is 31.7 Å². The fraction of sp³-hybridized carbons (Fsp3) is 0.667. The van der Waals surface area contributed by atoms with Gasteiger partial charge in [0.25, 0.3) is 0 Å². The molecule has 0 atom stereocenters. The molecule has 0 fully saturated rings. The highest BCUT2D eigenvalue weighted by Gasteiger charge is 2.15. The molecule has 1 aromatic rings. The molecule has 1 aromatic heterocycles. The Labute approximate surface area is 108 Å². The lowest BCUT2D eigenvalue weighted by molar-refractivity contribution is 0.279. The third-order valence-corrected chi connectivity index (χ3v) is 3.30. The largest absolute Gasteiger partial charge is 0.297 e. The molecule has 0 aliphatic rings. The molecule has 1 rings (SSSR count). The SMILES string of the molecule is CCc1nn(C)c(CN(CC)CCC#N)c1Cl. The minimum atomic E-state index is 0.546. The molecule has 0 N–H and O–H groups in total. The fourth-order valence-corrected chi connectivity index (χ4v) is 2.11. The Hall–Kier alpha value is -1.05. The summed E-state index contributed by atoms with van der Waals surface area (Å²) in [5, 5.41) is 13.8. The molecule has 94 valence electrons. The maximum absolute atomic E-state index is 8.61. The van der Waals surface area contributed by atoms with Gasteiger partial charge in [0, 0.05) is 26.6 Å². The maximum Gasteiger partial charge on any atom is 0.0863 e. The van der Waals surface area contributed by atoms with Crippen LogP contribution < -0.4 is 0 Å². The van der Waals surface area contributed by atoms with E-state index in [4.69, 9.17) is 16.9 Å². The molecule has 4 nitrogen and oxygen atoms in total. The maximum atomic E-state index is 8.61. The molecule has 0 saturated carbocycles. The van der Waals surface area contributed by atoms with Crippen molar-refractivity contribution >= 4 is 11.6 Å². The van der Waals surface area contributed by atoms with E-state index in [1.807, 2.05) is 18.7 Å². The lowest BCUT2D eigenvalue weighted by atomic mass is 10.2. The average molecular weight is 255 g/mol. The summed E-state index contributed by atoms with van der Waals surface area (Å²) in [6.45, 7) is 6.56. The highest BCUT2D eigenvalue weighted by Crippen LogP contribution is 2.22. The molecule has 5 heteroatoms. The van der Waals surface area contributed by atoms with Gasteiger partial charge in [-0.15, -0.1) is 0 Å². The van der Waals surface area contributed by atoms with E-state index in [9.17, 15) is 0 Å². The summed E-state index contributed by atoms with van der Waals surface area (Å²) >= 11 is 6.29. The van der Waals surface area contributed by atoms with Gasteiger partial charge >= 0.3 is 0 Å². The predicted octanol–water partition coefficient (Wildman–Crippen LogP) is 2.37. The number of nitrogens with zero attached hydrogens (tertiary/aromatic N) is 4. The van der Waals surface area contributed by atoms with Gasteiger partial charge in [0.05, 0.1) is 22.5 Å². The minimum Gasteiger partial charge on any atom is -0.297 e. The van der Waals surface area contributed by atoms with E-state index < -0.39 is 0 Å². The van der Waals surface area contributed by atoms with Gasteiger partial charge in [0.1, 0.15) is 0 Å². The Bertz CT molecular complexity index is 405. The number of nitriles is 1. The zero-order valence-corrected chi connectivity index (χ0v) is 11.5. The molecule has 0 amide bonds. The zero-order valence-electron chi connectivity index (χ0n) is 10.7. The summed E-state index contributed by atoms with van der Waals surface area (Å²) in [7, 11) is 1.92. The van der Waals surface area contributed by atoms with Gasteiger partial charge in [0.2, 0.25) is 0 Å². The highest BCUT2D eigenvalue weighted by molar-refractivity contribution is 6.31. The average Bonchev–Trinajstić information content (AvgIpc) is 2.60. The van der Waals surface area contributed by atoms with Gasteiger partial charge in [-0.05, 0) is 13.0 Å². The lowest BCUT2D eigenvalue weighted by Crippen LogP contribution is -2.25. The second-order valence-electron chi connectivity index (χ2n) is 3.96. The van der Waals surface area contributed by atoms with Crippen LogP contribution in [-0.2, 0) is 20.0 Å². The van der Waals surface area contributed by atoms with Crippen molar-refractivity contribution in [2.75, 3.05) is 13.1 Å². The molecular weight excluding hydrogens is 236 g/mol. The summed E-state index contributed by atoms with van der Waals surface area (Å²) in [5.74, 6) is 0. The van der Waals surface area contributed by atoms with E-state index in [2.05, 4.69) is 23.0 Å². The first-order valence-electron chi connectivity index (χ1n) is 5.93. The quantitative estimate of drug-likeness (QED) is 0.783. The van der Waals surface area contributed by atoms with Crippen molar-refractivity contribution in [3.05, 3.63) is 16.4 Å². The molecule has 17 heavy (non-hydrogen) atoms. The number of halogens is 1. The molecule has 0 unspecified atom stereocenters. The molecule has 0 saturated heterocycles. The molecular formula is C12H19ClN4. The summed E-state index contributed by atoms with van der Waals surface area (Å²) in [5.41, 5.74) is 1.98. The topological polar surface area (TPSA) is 44.9 Å². The minimum absolute atomic E-state index is 0.546. The van der Waals surface area contributed by atoms with Gasteiger partial charge in [-0.3, -0.25) is 9.58 Å². The normalized spacial score (nSPS) is 10.8. The van der Waals surface area contributed by atoms with E-state index in [-0.39, 0.29) is 0 Å². The van der Waals surface area contributed by atoms with E-state index in [0.29, 0.717) is 6.42 Å². The van der Waals surface area contributed by atoms with E-state index in [1.54, 1.807) is 0 Å². The van der Waals surface area contributed by atoms with Gasteiger partial charge in [-0.2, -0.15) is 10.4 Å². The number of rotatable bonds is 6. The Balaban J connectivity index is 2.79. The number of aromatic nitrogens is 2. The van der Waals surface area contributed by atoms with Crippen LogP contribution in [0.5, 0.6) is 0 Å². The van der Waals surface area contributed by atoms with Crippen molar-refractivity contribution in [2.45, 2.75) is 33.2 Å². The van der Waals surface area contributed by atoms with Gasteiger partial charge < -0.3 is 0 Å². The lowest BCUT2D eigenvalue weighted by Gasteiger charge is -2.19. The summed E-state index contributed by atoms with van der Waals surface area (Å²) in [6.07, 6.45) is 1.39. The fourth-order valence-electron chi connectivity index (χ4n) is 1.76. The molecule has 0 aliphatic carbocycles. The molecule has 0 bridgehead atoms. The molecule has 0 spiro atoms. The summed E-state index contributed by atoms with van der Waals surface area (Å²) < 4.78 is 1.84. The van der Waals surface area contributed by atoms with Crippen LogP contribution in [0.4, 0.5) is 0 Å². The molecule has 1 heterocycles. The van der Waals surface area contributed by atoms with Crippen molar-refractivity contribution in [3.8, 4) is 6.07 Å². The smallest absolute Gasteiger partial charge is 0.0863 e. The van der Waals surface area contributed by atoms with Crippen LogP contribution in [0, 0.1) is 11.3 Å². The summed E-state index contributed by atoms with van der Waals surface area (Å²) in [4.78, 5) is 2.20. The van der Waals surface area contributed by atoms with Crippen LogP contribution in [0.2, 0.25) is 5.02 Å². The Morgan fingerprint density at radius 2 is 2.18 bits per heavy atom. The molecule has 0 radical (unpaired) electrons. The molecule has 0 aromatic carbocycles. The van der Waals surface area contributed by atoms with Gasteiger partial charge in [-0.25, -0.2) is 0 Å². The molecule has 0 aliphatic heterocycles. The first-order chi connectivity index (χ1) is 8.13. The van der Waals surface area contributed by atoms with E-state index >= 15 is 0 Å². The van der Waals surface area contributed by atoms with Crippen molar-refractivity contribution < 1.29 is 0 Å². The Morgan fingerprint density at radius 1 is 1.47 bits per heavy atom. The second-order valence-corrected chi connectivity index (χ2v) is 4.34. The van der Waals surface area contributed by atoms with Crippen LogP contribution in [-0.4, -0.2) is 27.8 Å². The van der Waals surface area contributed by atoms with Gasteiger partial charge in [-0.1, -0.05) is 25.4 Å². The Kier molecular flexibility index (Phi) is 5.46. The summed E-state index contributed by atoms with van der Waals surface area (Å²) in [6, 6.07) is 2.17. The number of aryl methyl sites for hydroxylation is 2. The first kappa shape index (κ1) is 14.0. The zero-order chi connectivity index (χ0) is 12.8. The van der Waals surface area contributed by atoms with Crippen molar-refractivity contribution in [1.29, 1.82) is 5.26 Å². The monoisotopic (exact) mass is 254 g/mol. The highest BCUT2D eigenvalue weighted by atomic mass is 35.5. The first-order valence-corrected chi connectivity index (χ1v) is 6.31.